The van der Waals surface area contributed by atoms with Crippen molar-refractivity contribution < 1.29 is 36.7 Å². The van der Waals surface area contributed by atoms with Gasteiger partial charge in [0, 0.05) is 33.8 Å². The third-order valence-corrected chi connectivity index (χ3v) is 9.11. The number of rotatable bonds is 8. The predicted octanol–water partition coefficient (Wildman–Crippen LogP) is 4.55. The van der Waals surface area contributed by atoms with Gasteiger partial charge in [-0.3, -0.25) is 4.90 Å². The van der Waals surface area contributed by atoms with E-state index in [4.69, 9.17) is 9.47 Å². The molecule has 5 rings (SSSR count). The fourth-order valence-corrected chi connectivity index (χ4v) is 6.77. The number of hydrogen-bond acceptors (Lipinski definition) is 8. The Labute approximate surface area is 236 Å². The van der Waals surface area contributed by atoms with Crippen LogP contribution in [0.4, 0.5) is 24.5 Å². The number of nitrogens with one attached hydrogen (secondary N) is 1. The first kappa shape index (κ1) is 29.1. The number of halogens is 3. The van der Waals surface area contributed by atoms with Crippen molar-refractivity contribution in [3.63, 3.8) is 0 Å². The highest BCUT2D eigenvalue weighted by Crippen LogP contribution is 2.48. The number of para-hydroxylation sites is 4. The number of benzene rings is 3. The predicted molar refractivity (Wildman–Crippen MR) is 148 cm³/mol. The standard InChI is InChI=1S/C28H31F3N4O5S/c1-32-41(37,20-13-11-19(12-14-20)40-28(29,30)31)33-21-17-34(15-16-38-2)18-24(27(21)36)35-22-7-3-5-9-25(22)39-26-10-6-4-8-23(26)35/h3-14,21,24,27,36H,15-18H2,1-2H3,(H,32,33,37). The van der Waals surface area contributed by atoms with Gasteiger partial charge >= 0.3 is 6.36 Å². The van der Waals surface area contributed by atoms with Gasteiger partial charge in [-0.1, -0.05) is 24.3 Å². The highest BCUT2D eigenvalue weighted by atomic mass is 32.2. The summed E-state index contributed by atoms with van der Waals surface area (Å²) in [6.07, 6.45) is -5.87. The van der Waals surface area contributed by atoms with Crippen LogP contribution in [-0.4, -0.2) is 79.2 Å². The number of methoxy groups -OCH3 is 1. The topological polar surface area (TPSA) is 95.9 Å². The van der Waals surface area contributed by atoms with Gasteiger partial charge in [0.25, 0.3) is 0 Å². The molecule has 4 unspecified atom stereocenters. The number of hydrogen-bond donors (Lipinski definition) is 2. The summed E-state index contributed by atoms with van der Waals surface area (Å²) in [7, 11) is -0.374. The molecule has 2 aliphatic rings. The second kappa shape index (κ2) is 11.9. The van der Waals surface area contributed by atoms with Crippen molar-refractivity contribution >= 4 is 21.3 Å². The third kappa shape index (κ3) is 6.28. The zero-order valence-corrected chi connectivity index (χ0v) is 23.3. The Balaban J connectivity index is 1.48. The molecular weight excluding hydrogens is 561 g/mol. The summed E-state index contributed by atoms with van der Waals surface area (Å²) in [6.45, 7) is 1.80. The van der Waals surface area contributed by atoms with Gasteiger partial charge < -0.3 is 24.2 Å². The molecule has 3 aromatic rings. The smallest absolute Gasteiger partial charge is 0.453 e. The van der Waals surface area contributed by atoms with E-state index in [9.17, 15) is 22.5 Å². The average molecular weight is 593 g/mol. The molecule has 0 saturated carbocycles. The summed E-state index contributed by atoms with van der Waals surface area (Å²) in [5.41, 5.74) is 1.56. The second-order valence-corrected chi connectivity index (χ2v) is 11.8. The minimum atomic E-state index is -4.85. The number of alkyl halides is 3. The lowest BCUT2D eigenvalue weighted by molar-refractivity contribution is -0.274. The molecule has 1 fully saturated rings. The van der Waals surface area contributed by atoms with E-state index < -0.39 is 40.2 Å². The monoisotopic (exact) mass is 592 g/mol. The Morgan fingerprint density at radius 2 is 1.63 bits per heavy atom. The second-order valence-electron chi connectivity index (χ2n) is 9.67. The van der Waals surface area contributed by atoms with Crippen LogP contribution in [-0.2, 0) is 14.7 Å². The van der Waals surface area contributed by atoms with Crippen LogP contribution in [0.1, 0.15) is 0 Å². The quantitative estimate of drug-likeness (QED) is 0.396. The van der Waals surface area contributed by atoms with E-state index in [1.165, 1.54) is 19.2 Å². The van der Waals surface area contributed by atoms with Crippen LogP contribution in [0.5, 0.6) is 17.2 Å². The fraction of sp³-hybridized carbons (Fsp3) is 0.357. The zero-order valence-electron chi connectivity index (χ0n) is 22.5. The van der Waals surface area contributed by atoms with Gasteiger partial charge in [0.05, 0.1) is 41.1 Å². The number of aliphatic hydroxyl groups excluding tert-OH is 1. The summed E-state index contributed by atoms with van der Waals surface area (Å²) in [6, 6.07) is 18.6. The molecule has 220 valence electrons. The highest BCUT2D eigenvalue weighted by molar-refractivity contribution is 7.91. The van der Waals surface area contributed by atoms with Crippen LogP contribution < -0.4 is 19.1 Å². The molecule has 0 aromatic heterocycles. The molecule has 2 heterocycles. The number of nitrogens with zero attached hydrogens (tertiary/aromatic N) is 3. The lowest BCUT2D eigenvalue weighted by atomic mass is 9.94. The maximum atomic E-state index is 14.0. The Kier molecular flexibility index (Phi) is 8.43. The first-order valence-corrected chi connectivity index (χ1v) is 14.5. The number of fused-ring (bicyclic) bond motifs is 2. The van der Waals surface area contributed by atoms with Crippen molar-refractivity contribution in [2.45, 2.75) is 29.4 Å². The SMILES string of the molecule is CN=S(=O)(NC1CN(CCOC)CC(N2c3ccccc3Oc3ccccc32)C1O)c1ccc(OC(F)(F)F)cc1. The molecule has 0 aliphatic carbocycles. The number of aliphatic hydroxyl groups is 1. The van der Waals surface area contributed by atoms with Gasteiger partial charge in [-0.25, -0.2) is 13.3 Å². The molecule has 0 bridgehead atoms. The summed E-state index contributed by atoms with van der Waals surface area (Å²) in [5.74, 6) is 0.850. The molecule has 3 aromatic carbocycles. The van der Waals surface area contributed by atoms with Crippen molar-refractivity contribution in [2.75, 3.05) is 45.3 Å². The number of anilines is 2. The van der Waals surface area contributed by atoms with Gasteiger partial charge in [0.2, 0.25) is 0 Å². The first-order chi connectivity index (χ1) is 19.6. The maximum Gasteiger partial charge on any atom is 0.573 e. The molecule has 2 aliphatic heterocycles. The first-order valence-electron chi connectivity index (χ1n) is 12.9. The van der Waals surface area contributed by atoms with Gasteiger partial charge in [-0.05, 0) is 48.5 Å². The summed E-state index contributed by atoms with van der Waals surface area (Å²) in [5, 5.41) is 11.8. The number of likely N-dealkylation sites (tertiary alicyclic amines) is 1. The largest absolute Gasteiger partial charge is 0.573 e. The van der Waals surface area contributed by atoms with Crippen LogP contribution in [0.25, 0.3) is 0 Å². The lowest BCUT2D eigenvalue weighted by Crippen LogP contribution is -2.65. The Hall–Kier alpha value is -3.36. The van der Waals surface area contributed by atoms with Gasteiger partial charge in [0.1, 0.15) is 15.7 Å². The van der Waals surface area contributed by atoms with E-state index in [2.05, 4.69) is 18.7 Å². The molecule has 13 heteroatoms. The third-order valence-electron chi connectivity index (χ3n) is 7.06. The molecule has 41 heavy (non-hydrogen) atoms. The van der Waals surface area contributed by atoms with Crippen molar-refractivity contribution in [1.29, 1.82) is 0 Å². The molecular formula is C28H31F3N4O5S. The average Bonchev–Trinajstić information content (AvgIpc) is 2.95. The minimum Gasteiger partial charge on any atom is -0.453 e. The molecule has 0 spiro atoms. The van der Waals surface area contributed by atoms with E-state index >= 15 is 0 Å². The van der Waals surface area contributed by atoms with E-state index in [-0.39, 0.29) is 4.90 Å². The van der Waals surface area contributed by atoms with Crippen LogP contribution in [0, 0.1) is 0 Å². The molecule has 2 N–H and O–H groups in total. The zero-order chi connectivity index (χ0) is 29.2. The molecule has 4 atom stereocenters. The van der Waals surface area contributed by atoms with Crippen molar-refractivity contribution in [1.82, 2.24) is 9.62 Å². The molecule has 1 saturated heterocycles. The van der Waals surface area contributed by atoms with Gasteiger partial charge in [-0.2, -0.15) is 0 Å². The summed E-state index contributed by atoms with van der Waals surface area (Å²) in [4.78, 5) is 4.31. The molecule has 0 amide bonds. The molecule has 9 nitrogen and oxygen atoms in total. The lowest BCUT2D eigenvalue weighted by Gasteiger charge is -2.48. The number of piperidine rings is 1. The maximum absolute atomic E-state index is 14.0. The van der Waals surface area contributed by atoms with Gasteiger partial charge in [0.15, 0.2) is 11.5 Å². The van der Waals surface area contributed by atoms with Crippen LogP contribution in [0.2, 0.25) is 0 Å². The van der Waals surface area contributed by atoms with Crippen molar-refractivity contribution in [3.05, 3.63) is 72.8 Å². The van der Waals surface area contributed by atoms with E-state index in [0.717, 1.165) is 23.5 Å². The van der Waals surface area contributed by atoms with Crippen molar-refractivity contribution in [2.24, 2.45) is 4.36 Å². The van der Waals surface area contributed by atoms with Crippen LogP contribution in [0.15, 0.2) is 82.1 Å². The van der Waals surface area contributed by atoms with E-state index in [1.54, 1.807) is 7.11 Å². The Morgan fingerprint density at radius 3 is 2.20 bits per heavy atom. The molecule has 0 radical (unpaired) electrons. The van der Waals surface area contributed by atoms with Crippen molar-refractivity contribution in [3.8, 4) is 17.2 Å². The Bertz CT molecular complexity index is 1430. The minimum absolute atomic E-state index is 0.161. The fourth-order valence-electron chi connectivity index (χ4n) is 5.19. The highest BCUT2D eigenvalue weighted by Gasteiger charge is 2.43. The Morgan fingerprint density at radius 1 is 1.02 bits per heavy atom. The summed E-state index contributed by atoms with van der Waals surface area (Å²) < 4.78 is 74.5. The van der Waals surface area contributed by atoms with E-state index in [0.29, 0.717) is 37.7 Å². The summed E-state index contributed by atoms with van der Waals surface area (Å²) >= 11 is 0. The van der Waals surface area contributed by atoms with Crippen LogP contribution >= 0.6 is 0 Å². The van der Waals surface area contributed by atoms with Crippen LogP contribution in [0.3, 0.4) is 0 Å². The number of ether oxygens (including phenoxy) is 3. The van der Waals surface area contributed by atoms with E-state index in [1.807, 2.05) is 53.4 Å². The normalized spacial score (nSPS) is 22.2. The van der Waals surface area contributed by atoms with Gasteiger partial charge in [-0.15, -0.1) is 13.2 Å².